The van der Waals surface area contributed by atoms with Crippen molar-refractivity contribution in [2.24, 2.45) is 0 Å². The SMILES string of the molecule is O=c1cnn(CCNCc2cccs2)c2ccccc12. The number of rotatable bonds is 5. The Kier molecular flexibility index (Phi) is 3.90. The summed E-state index contributed by atoms with van der Waals surface area (Å²) in [4.78, 5) is 13.0. The van der Waals surface area contributed by atoms with Gasteiger partial charge in [-0.2, -0.15) is 5.10 Å². The van der Waals surface area contributed by atoms with Crippen LogP contribution in [0, 0.1) is 0 Å². The third-order valence-corrected chi connectivity index (χ3v) is 4.02. The fraction of sp³-hybridized carbons (Fsp3) is 0.200. The Hall–Kier alpha value is -1.98. The summed E-state index contributed by atoms with van der Waals surface area (Å²) in [7, 11) is 0. The van der Waals surface area contributed by atoms with Crippen LogP contribution < -0.4 is 10.7 Å². The monoisotopic (exact) mass is 285 g/mol. The highest BCUT2D eigenvalue weighted by molar-refractivity contribution is 7.09. The number of hydrogen-bond donors (Lipinski definition) is 1. The molecule has 0 amide bonds. The molecule has 0 aliphatic heterocycles. The predicted octanol–water partition coefficient (Wildman–Crippen LogP) is 2.25. The Morgan fingerprint density at radius 2 is 2.10 bits per heavy atom. The lowest BCUT2D eigenvalue weighted by molar-refractivity contribution is 0.563. The van der Waals surface area contributed by atoms with E-state index in [1.165, 1.54) is 11.1 Å². The molecule has 0 atom stereocenters. The molecule has 0 spiro atoms. The molecule has 0 radical (unpaired) electrons. The van der Waals surface area contributed by atoms with Crippen LogP contribution in [-0.4, -0.2) is 16.3 Å². The molecule has 0 aliphatic rings. The maximum absolute atomic E-state index is 11.7. The number of thiophene rings is 1. The molecule has 4 nitrogen and oxygen atoms in total. The Bertz CT molecular complexity index is 749. The van der Waals surface area contributed by atoms with Gasteiger partial charge in [0.1, 0.15) is 0 Å². The van der Waals surface area contributed by atoms with E-state index < -0.39 is 0 Å². The van der Waals surface area contributed by atoms with Gasteiger partial charge in [-0.25, -0.2) is 0 Å². The van der Waals surface area contributed by atoms with E-state index in [-0.39, 0.29) is 5.43 Å². The van der Waals surface area contributed by atoms with Gasteiger partial charge >= 0.3 is 0 Å². The summed E-state index contributed by atoms with van der Waals surface area (Å²) < 4.78 is 1.87. The third kappa shape index (κ3) is 2.79. The van der Waals surface area contributed by atoms with Crippen LogP contribution in [0.5, 0.6) is 0 Å². The zero-order valence-electron chi connectivity index (χ0n) is 11.0. The van der Waals surface area contributed by atoms with Crippen LogP contribution in [0.1, 0.15) is 4.88 Å². The first-order chi connectivity index (χ1) is 9.84. The van der Waals surface area contributed by atoms with E-state index in [2.05, 4.69) is 27.9 Å². The quantitative estimate of drug-likeness (QED) is 0.731. The molecule has 102 valence electrons. The van der Waals surface area contributed by atoms with Gasteiger partial charge in [-0.15, -0.1) is 11.3 Å². The predicted molar refractivity (Wildman–Crippen MR) is 82.0 cm³/mol. The van der Waals surface area contributed by atoms with Gasteiger partial charge in [0.2, 0.25) is 5.43 Å². The molecule has 0 fully saturated rings. The molecular weight excluding hydrogens is 270 g/mol. The Morgan fingerprint density at radius 3 is 2.95 bits per heavy atom. The second kappa shape index (κ2) is 5.98. The molecule has 0 bridgehead atoms. The topological polar surface area (TPSA) is 46.9 Å². The van der Waals surface area contributed by atoms with Crippen molar-refractivity contribution >= 4 is 22.2 Å². The molecular formula is C15H15N3OS. The van der Waals surface area contributed by atoms with E-state index in [0.29, 0.717) is 0 Å². The lowest BCUT2D eigenvalue weighted by atomic mass is 10.2. The summed E-state index contributed by atoms with van der Waals surface area (Å²) >= 11 is 1.75. The largest absolute Gasteiger partial charge is 0.310 e. The first-order valence-corrected chi connectivity index (χ1v) is 7.40. The minimum absolute atomic E-state index is 0.0246. The van der Waals surface area contributed by atoms with Crippen molar-refractivity contribution in [2.45, 2.75) is 13.1 Å². The van der Waals surface area contributed by atoms with Crippen molar-refractivity contribution in [1.82, 2.24) is 15.1 Å². The highest BCUT2D eigenvalue weighted by atomic mass is 32.1. The van der Waals surface area contributed by atoms with E-state index in [1.54, 1.807) is 11.3 Å². The molecule has 20 heavy (non-hydrogen) atoms. The number of nitrogens with zero attached hydrogens (tertiary/aromatic N) is 2. The maximum atomic E-state index is 11.7. The van der Waals surface area contributed by atoms with Crippen LogP contribution in [0.2, 0.25) is 0 Å². The van der Waals surface area contributed by atoms with Gasteiger partial charge in [0, 0.05) is 23.4 Å². The van der Waals surface area contributed by atoms with Crippen molar-refractivity contribution in [3.63, 3.8) is 0 Å². The number of aromatic nitrogens is 2. The van der Waals surface area contributed by atoms with E-state index >= 15 is 0 Å². The summed E-state index contributed by atoms with van der Waals surface area (Å²) in [5, 5.41) is 10.4. The second-order valence-electron chi connectivity index (χ2n) is 4.51. The Morgan fingerprint density at radius 1 is 1.20 bits per heavy atom. The van der Waals surface area contributed by atoms with Gasteiger partial charge in [0.15, 0.2) is 0 Å². The van der Waals surface area contributed by atoms with Crippen molar-refractivity contribution in [3.8, 4) is 0 Å². The van der Waals surface area contributed by atoms with Crippen LogP contribution in [0.3, 0.4) is 0 Å². The standard InChI is InChI=1S/C15H15N3OS/c19-15-11-17-18(14-6-2-1-5-13(14)15)8-7-16-10-12-4-3-9-20-12/h1-6,9,11,16H,7-8,10H2. The normalized spacial score (nSPS) is 11.0. The zero-order chi connectivity index (χ0) is 13.8. The number of hydrogen-bond acceptors (Lipinski definition) is 4. The number of benzene rings is 1. The molecule has 0 unspecified atom stereocenters. The van der Waals surface area contributed by atoms with Crippen LogP contribution in [0.15, 0.2) is 52.8 Å². The summed E-state index contributed by atoms with van der Waals surface area (Å²) in [6.07, 6.45) is 1.39. The van der Waals surface area contributed by atoms with Gasteiger partial charge in [-0.3, -0.25) is 9.48 Å². The lowest BCUT2D eigenvalue weighted by Crippen LogP contribution is -2.22. The zero-order valence-corrected chi connectivity index (χ0v) is 11.8. The van der Waals surface area contributed by atoms with Crippen molar-refractivity contribution in [3.05, 3.63) is 63.1 Å². The minimum atomic E-state index is -0.0246. The summed E-state index contributed by atoms with van der Waals surface area (Å²) in [6, 6.07) is 11.8. The third-order valence-electron chi connectivity index (χ3n) is 3.14. The molecule has 1 aromatic carbocycles. The molecule has 3 rings (SSSR count). The highest BCUT2D eigenvalue weighted by Gasteiger charge is 2.02. The molecule has 0 saturated heterocycles. The van der Waals surface area contributed by atoms with Gasteiger partial charge in [-0.1, -0.05) is 18.2 Å². The highest BCUT2D eigenvalue weighted by Crippen LogP contribution is 2.08. The lowest BCUT2D eigenvalue weighted by Gasteiger charge is -2.09. The molecule has 2 heterocycles. The molecule has 1 N–H and O–H groups in total. The fourth-order valence-corrected chi connectivity index (χ4v) is 2.82. The first-order valence-electron chi connectivity index (χ1n) is 6.52. The minimum Gasteiger partial charge on any atom is -0.310 e. The maximum Gasteiger partial charge on any atom is 0.207 e. The Balaban J connectivity index is 1.69. The average Bonchev–Trinajstić information content (AvgIpc) is 2.99. The van der Waals surface area contributed by atoms with Crippen LogP contribution in [0.4, 0.5) is 0 Å². The summed E-state index contributed by atoms with van der Waals surface area (Å²) in [6.45, 7) is 2.43. The number of fused-ring (bicyclic) bond motifs is 1. The van der Waals surface area contributed by atoms with Crippen molar-refractivity contribution in [2.75, 3.05) is 6.54 Å². The van der Waals surface area contributed by atoms with E-state index in [0.717, 1.165) is 30.5 Å². The van der Waals surface area contributed by atoms with E-state index in [9.17, 15) is 4.79 Å². The number of nitrogens with one attached hydrogen (secondary N) is 1. The summed E-state index contributed by atoms with van der Waals surface area (Å²) in [5.74, 6) is 0. The van der Waals surface area contributed by atoms with Crippen molar-refractivity contribution in [1.29, 1.82) is 0 Å². The smallest absolute Gasteiger partial charge is 0.207 e. The molecule has 5 heteroatoms. The van der Waals surface area contributed by atoms with Crippen LogP contribution >= 0.6 is 11.3 Å². The molecule has 0 aliphatic carbocycles. The van der Waals surface area contributed by atoms with Crippen molar-refractivity contribution < 1.29 is 0 Å². The summed E-state index contributed by atoms with van der Waals surface area (Å²) in [5.41, 5.74) is 0.862. The Labute approximate surface area is 120 Å². The molecule has 0 saturated carbocycles. The fourth-order valence-electron chi connectivity index (χ4n) is 2.15. The van der Waals surface area contributed by atoms with Gasteiger partial charge < -0.3 is 5.32 Å². The van der Waals surface area contributed by atoms with Crippen LogP contribution in [0.25, 0.3) is 10.9 Å². The van der Waals surface area contributed by atoms with Gasteiger partial charge in [0.25, 0.3) is 0 Å². The van der Waals surface area contributed by atoms with Gasteiger partial charge in [-0.05, 0) is 23.6 Å². The second-order valence-corrected chi connectivity index (χ2v) is 5.54. The molecule has 3 aromatic rings. The van der Waals surface area contributed by atoms with E-state index in [4.69, 9.17) is 0 Å². The van der Waals surface area contributed by atoms with E-state index in [1.807, 2.05) is 28.9 Å². The first kappa shape index (κ1) is 13.0. The van der Waals surface area contributed by atoms with Gasteiger partial charge in [0.05, 0.1) is 18.3 Å². The van der Waals surface area contributed by atoms with Crippen LogP contribution in [-0.2, 0) is 13.1 Å². The number of para-hydroxylation sites is 1. The molecule has 2 aromatic heterocycles. The average molecular weight is 285 g/mol.